The molecule has 34 heavy (non-hydrogen) atoms. The highest BCUT2D eigenvalue weighted by Gasteiger charge is 2.30. The predicted molar refractivity (Wildman–Crippen MR) is 122 cm³/mol. The number of hydrogen-bond donors (Lipinski definition) is 0. The van der Waals surface area contributed by atoms with Gasteiger partial charge in [-0.05, 0) is 54.4 Å². The molecule has 0 aliphatic heterocycles. The molecule has 4 aromatic rings. The molecule has 0 amide bonds. The monoisotopic (exact) mass is 488 g/mol. The first kappa shape index (κ1) is 23.8. The average molecular weight is 489 g/mol. The van der Waals surface area contributed by atoms with E-state index in [1.807, 2.05) is 4.57 Å². The summed E-state index contributed by atoms with van der Waals surface area (Å²) < 4.78 is 59.8. The molecule has 0 radical (unpaired) electrons. The van der Waals surface area contributed by atoms with Crippen molar-refractivity contribution in [3.05, 3.63) is 94.8 Å². The number of esters is 1. The number of carbonyl (C=O) groups is 1. The zero-order valence-corrected chi connectivity index (χ0v) is 18.9. The van der Waals surface area contributed by atoms with Gasteiger partial charge in [0.25, 0.3) is 0 Å². The summed E-state index contributed by atoms with van der Waals surface area (Å²) in [5, 5.41) is 0.555. The van der Waals surface area contributed by atoms with E-state index in [0.29, 0.717) is 38.6 Å². The quantitative estimate of drug-likeness (QED) is 0.165. The van der Waals surface area contributed by atoms with Crippen LogP contribution < -0.4 is 0 Å². The molecule has 0 bridgehead atoms. The van der Waals surface area contributed by atoms with Gasteiger partial charge in [-0.3, -0.25) is 0 Å². The van der Waals surface area contributed by atoms with Gasteiger partial charge >= 0.3 is 12.1 Å². The fourth-order valence-electron chi connectivity index (χ4n) is 3.45. The van der Waals surface area contributed by atoms with E-state index in [9.17, 15) is 22.4 Å². The van der Waals surface area contributed by atoms with Gasteiger partial charge in [-0.15, -0.1) is 0 Å². The summed E-state index contributed by atoms with van der Waals surface area (Å²) in [6, 6.07) is 16.3. The fraction of sp³-hybridized carbons (Fsp3) is 0.200. The minimum atomic E-state index is -4.41. The number of benzene rings is 3. The van der Waals surface area contributed by atoms with Crippen LogP contribution in [0.1, 0.15) is 34.0 Å². The third-order valence-corrected chi connectivity index (χ3v) is 6.19. The predicted octanol–water partition coefficient (Wildman–Crippen LogP) is 6.71. The lowest BCUT2D eigenvalue weighted by atomic mass is 10.1. The summed E-state index contributed by atoms with van der Waals surface area (Å²) in [5.74, 6) is -0.486. The Morgan fingerprint density at radius 1 is 1.06 bits per heavy atom. The summed E-state index contributed by atoms with van der Waals surface area (Å²) in [7, 11) is 0. The number of carbonyl (C=O) groups excluding carboxylic acids is 1. The van der Waals surface area contributed by atoms with Crippen LogP contribution in [-0.2, 0) is 23.2 Å². The summed E-state index contributed by atoms with van der Waals surface area (Å²) in [6.07, 6.45) is -4.41. The molecule has 3 aromatic carbocycles. The topological polar surface area (TPSA) is 44.1 Å². The van der Waals surface area contributed by atoms with Crippen LogP contribution in [0.5, 0.6) is 0 Å². The van der Waals surface area contributed by atoms with E-state index in [1.54, 1.807) is 43.3 Å². The van der Waals surface area contributed by atoms with Crippen molar-refractivity contribution in [2.75, 3.05) is 6.61 Å². The number of aromatic nitrogens is 2. The van der Waals surface area contributed by atoms with Crippen LogP contribution >= 0.6 is 11.8 Å². The van der Waals surface area contributed by atoms with Crippen molar-refractivity contribution in [1.82, 2.24) is 9.55 Å². The van der Waals surface area contributed by atoms with E-state index in [-0.39, 0.29) is 19.0 Å². The second kappa shape index (κ2) is 9.89. The van der Waals surface area contributed by atoms with E-state index in [2.05, 4.69) is 4.98 Å². The van der Waals surface area contributed by atoms with Crippen LogP contribution in [-0.4, -0.2) is 22.1 Å². The Labute approximate surface area is 197 Å². The second-order valence-corrected chi connectivity index (χ2v) is 8.42. The van der Waals surface area contributed by atoms with Crippen molar-refractivity contribution in [2.45, 2.75) is 30.6 Å². The molecule has 0 aliphatic rings. The van der Waals surface area contributed by atoms with Crippen LogP contribution in [0.25, 0.3) is 11.0 Å². The molecule has 0 fully saturated rings. The Morgan fingerprint density at radius 2 is 1.79 bits per heavy atom. The molecule has 0 saturated carbocycles. The van der Waals surface area contributed by atoms with Crippen molar-refractivity contribution in [3.63, 3.8) is 0 Å². The van der Waals surface area contributed by atoms with Crippen molar-refractivity contribution < 1.29 is 27.1 Å². The number of ether oxygens (including phenoxy) is 1. The molecule has 176 valence electrons. The Balaban J connectivity index is 1.70. The minimum absolute atomic E-state index is 0.239. The van der Waals surface area contributed by atoms with Crippen molar-refractivity contribution in [1.29, 1.82) is 0 Å². The zero-order valence-electron chi connectivity index (χ0n) is 18.1. The maximum Gasteiger partial charge on any atom is 0.416 e. The van der Waals surface area contributed by atoms with Gasteiger partial charge in [-0.25, -0.2) is 14.2 Å². The first-order valence-electron chi connectivity index (χ1n) is 10.5. The van der Waals surface area contributed by atoms with Crippen LogP contribution in [0.3, 0.4) is 0 Å². The number of rotatable bonds is 7. The van der Waals surface area contributed by atoms with Crippen LogP contribution in [0.15, 0.2) is 71.9 Å². The number of imidazole rings is 1. The molecule has 0 spiro atoms. The Morgan fingerprint density at radius 3 is 2.47 bits per heavy atom. The molecule has 0 saturated heterocycles. The number of alkyl halides is 3. The lowest BCUT2D eigenvalue weighted by Crippen LogP contribution is -2.06. The summed E-state index contributed by atoms with van der Waals surface area (Å²) in [5.41, 5.74) is 2.01. The number of thioether (sulfide) groups is 1. The number of hydrogen-bond acceptors (Lipinski definition) is 4. The summed E-state index contributed by atoms with van der Waals surface area (Å²) in [4.78, 5) is 16.8. The van der Waals surface area contributed by atoms with Gasteiger partial charge in [0.15, 0.2) is 5.16 Å². The van der Waals surface area contributed by atoms with Gasteiger partial charge in [-0.2, -0.15) is 13.2 Å². The van der Waals surface area contributed by atoms with Gasteiger partial charge in [0, 0.05) is 5.75 Å². The highest BCUT2D eigenvalue weighted by molar-refractivity contribution is 7.98. The van der Waals surface area contributed by atoms with E-state index in [4.69, 9.17) is 4.74 Å². The van der Waals surface area contributed by atoms with E-state index >= 15 is 0 Å². The Bertz CT molecular complexity index is 1320. The molecule has 9 heteroatoms. The smallest absolute Gasteiger partial charge is 0.416 e. The van der Waals surface area contributed by atoms with Gasteiger partial charge in [0.1, 0.15) is 5.82 Å². The lowest BCUT2D eigenvalue weighted by molar-refractivity contribution is -0.137. The third kappa shape index (κ3) is 5.25. The molecule has 0 unspecified atom stereocenters. The van der Waals surface area contributed by atoms with Crippen molar-refractivity contribution in [3.8, 4) is 0 Å². The van der Waals surface area contributed by atoms with Crippen LogP contribution in [0.4, 0.5) is 17.6 Å². The minimum Gasteiger partial charge on any atom is -0.462 e. The molecule has 4 nitrogen and oxygen atoms in total. The first-order chi connectivity index (χ1) is 16.3. The molecular weight excluding hydrogens is 468 g/mol. The van der Waals surface area contributed by atoms with E-state index in [0.717, 1.165) is 12.1 Å². The van der Waals surface area contributed by atoms with E-state index in [1.165, 1.54) is 30.0 Å². The molecule has 0 aliphatic carbocycles. The Hall–Kier alpha value is -3.33. The molecule has 0 atom stereocenters. The maximum atomic E-state index is 14.1. The van der Waals surface area contributed by atoms with Gasteiger partial charge in [0.2, 0.25) is 0 Å². The van der Waals surface area contributed by atoms with E-state index < -0.39 is 17.7 Å². The number of halogens is 4. The van der Waals surface area contributed by atoms with Crippen LogP contribution in [0, 0.1) is 5.82 Å². The zero-order chi connectivity index (χ0) is 24.3. The van der Waals surface area contributed by atoms with Crippen molar-refractivity contribution in [2.24, 2.45) is 0 Å². The normalized spacial score (nSPS) is 11.7. The van der Waals surface area contributed by atoms with Crippen molar-refractivity contribution >= 4 is 28.8 Å². The van der Waals surface area contributed by atoms with Gasteiger partial charge in [-0.1, -0.05) is 42.1 Å². The molecular formula is C25H20F4N2O2S. The van der Waals surface area contributed by atoms with Gasteiger partial charge < -0.3 is 9.30 Å². The standard InChI is InChI=1S/C25H20F4N2O2S/c1-2-33-23(32)17-9-12-22-21(13-17)30-24(34-15-18-5-3-4-6-20(18)26)31(22)14-16-7-10-19(11-8-16)25(27,28)29/h3-13H,2,14-15H2,1H3. The summed E-state index contributed by atoms with van der Waals surface area (Å²) in [6.45, 7) is 2.21. The van der Waals surface area contributed by atoms with Gasteiger partial charge in [0.05, 0.1) is 35.3 Å². The molecule has 4 rings (SSSR count). The maximum absolute atomic E-state index is 14.1. The summed E-state index contributed by atoms with van der Waals surface area (Å²) >= 11 is 1.31. The van der Waals surface area contributed by atoms with Crippen LogP contribution in [0.2, 0.25) is 0 Å². The number of nitrogens with zero attached hydrogens (tertiary/aromatic N) is 2. The largest absolute Gasteiger partial charge is 0.462 e. The molecule has 1 aromatic heterocycles. The highest BCUT2D eigenvalue weighted by Crippen LogP contribution is 2.31. The SMILES string of the molecule is CCOC(=O)c1ccc2c(c1)nc(SCc1ccccc1F)n2Cc1ccc(C(F)(F)F)cc1. The average Bonchev–Trinajstić information content (AvgIpc) is 3.15. The molecule has 0 N–H and O–H groups in total. The number of fused-ring (bicyclic) bond motifs is 1. The lowest BCUT2D eigenvalue weighted by Gasteiger charge is -2.11. The third-order valence-electron chi connectivity index (χ3n) is 5.16. The highest BCUT2D eigenvalue weighted by atomic mass is 32.2. The molecule has 1 heterocycles. The Kier molecular flexibility index (Phi) is 6.92. The fourth-order valence-corrected chi connectivity index (χ4v) is 4.45. The first-order valence-corrected chi connectivity index (χ1v) is 11.4. The second-order valence-electron chi connectivity index (χ2n) is 7.48.